The Kier molecular flexibility index (Phi) is 3.39. The van der Waals surface area contributed by atoms with Crippen LogP contribution >= 0.6 is 11.5 Å². The van der Waals surface area contributed by atoms with E-state index in [9.17, 15) is 0 Å². The second kappa shape index (κ2) is 4.79. The van der Waals surface area contributed by atoms with Gasteiger partial charge in [0.1, 0.15) is 5.82 Å². The average Bonchev–Trinajstić information content (AvgIpc) is 2.99. The predicted octanol–water partition coefficient (Wildman–Crippen LogP) is 2.54. The van der Waals surface area contributed by atoms with Crippen LogP contribution in [-0.2, 0) is 0 Å². The lowest BCUT2D eigenvalue weighted by atomic mass is 10.3. The Morgan fingerprint density at radius 1 is 1.56 bits per heavy atom. The number of aromatic nitrogens is 2. The van der Waals surface area contributed by atoms with Gasteiger partial charge in [0.05, 0.1) is 12.5 Å². The fourth-order valence-electron chi connectivity index (χ4n) is 1.60. The second-order valence-electron chi connectivity index (χ2n) is 4.40. The third kappa shape index (κ3) is 2.50. The molecular weight excluding hydrogens is 220 g/mol. The van der Waals surface area contributed by atoms with Crippen molar-refractivity contribution < 1.29 is 0 Å². The van der Waals surface area contributed by atoms with Crippen LogP contribution in [0, 0.1) is 11.3 Å². The highest BCUT2D eigenvalue weighted by Gasteiger charge is 2.28. The predicted molar refractivity (Wildman–Crippen MR) is 64.6 cm³/mol. The van der Waals surface area contributed by atoms with E-state index in [0.717, 1.165) is 17.5 Å². The van der Waals surface area contributed by atoms with Crippen LogP contribution in [0.3, 0.4) is 0 Å². The van der Waals surface area contributed by atoms with Crippen molar-refractivity contribution in [2.24, 2.45) is 0 Å². The Morgan fingerprint density at radius 3 is 2.88 bits per heavy atom. The molecule has 0 bridgehead atoms. The molecule has 0 unspecified atom stereocenters. The molecule has 1 saturated carbocycles. The Bertz CT molecular complexity index is 389. The Hall–Kier alpha value is -1.15. The molecule has 1 aliphatic rings. The minimum absolute atomic E-state index is 0.369. The van der Waals surface area contributed by atoms with Gasteiger partial charge in [-0.3, -0.25) is 0 Å². The normalized spacial score (nSPS) is 15.1. The van der Waals surface area contributed by atoms with Gasteiger partial charge in [-0.25, -0.2) is 4.98 Å². The highest BCUT2D eigenvalue weighted by molar-refractivity contribution is 7.09. The highest BCUT2D eigenvalue weighted by Crippen LogP contribution is 2.39. The summed E-state index contributed by atoms with van der Waals surface area (Å²) in [5.41, 5.74) is 0. The summed E-state index contributed by atoms with van der Waals surface area (Å²) in [5, 5.41) is 9.60. The number of nitrogens with zero attached hydrogens (tertiary/aromatic N) is 4. The first-order valence-electron chi connectivity index (χ1n) is 5.69. The monoisotopic (exact) mass is 236 g/mol. The van der Waals surface area contributed by atoms with Crippen LogP contribution in [0.2, 0.25) is 0 Å². The molecule has 0 aliphatic heterocycles. The zero-order valence-electron chi connectivity index (χ0n) is 9.68. The summed E-state index contributed by atoms with van der Waals surface area (Å²) in [6.07, 6.45) is 3.00. The first-order valence-corrected chi connectivity index (χ1v) is 6.47. The zero-order chi connectivity index (χ0) is 11.5. The smallest absolute Gasteiger partial charge is 0.205 e. The first kappa shape index (κ1) is 11.3. The van der Waals surface area contributed by atoms with E-state index in [4.69, 9.17) is 5.26 Å². The molecule has 0 spiro atoms. The molecule has 4 nitrogen and oxygen atoms in total. The van der Waals surface area contributed by atoms with E-state index in [1.165, 1.54) is 24.4 Å². The molecule has 0 saturated heterocycles. The fraction of sp³-hybridized carbons (Fsp3) is 0.727. The third-order valence-corrected chi connectivity index (χ3v) is 3.47. The van der Waals surface area contributed by atoms with Crippen LogP contribution in [0.5, 0.6) is 0 Å². The molecule has 1 fully saturated rings. The molecule has 0 radical (unpaired) electrons. The first-order chi connectivity index (χ1) is 7.72. The SMILES string of the molecule is CC(C)N(CCC#N)c1nc(C2CC2)ns1. The molecule has 1 aromatic rings. The molecule has 0 aromatic carbocycles. The summed E-state index contributed by atoms with van der Waals surface area (Å²) < 4.78 is 4.40. The molecule has 5 heteroatoms. The van der Waals surface area contributed by atoms with Crippen LogP contribution in [0.4, 0.5) is 5.13 Å². The molecule has 0 amide bonds. The molecule has 0 N–H and O–H groups in total. The highest BCUT2D eigenvalue weighted by atomic mass is 32.1. The molecule has 2 rings (SSSR count). The van der Waals surface area contributed by atoms with E-state index in [1.807, 2.05) is 0 Å². The van der Waals surface area contributed by atoms with Crippen LogP contribution in [0.1, 0.15) is 44.9 Å². The van der Waals surface area contributed by atoms with Crippen molar-refractivity contribution in [3.05, 3.63) is 5.82 Å². The van der Waals surface area contributed by atoms with E-state index in [-0.39, 0.29) is 0 Å². The number of anilines is 1. The maximum absolute atomic E-state index is 8.64. The van der Waals surface area contributed by atoms with Gasteiger partial charge in [-0.2, -0.15) is 9.64 Å². The minimum atomic E-state index is 0.369. The lowest BCUT2D eigenvalue weighted by Crippen LogP contribution is -2.31. The van der Waals surface area contributed by atoms with Gasteiger partial charge < -0.3 is 4.90 Å². The van der Waals surface area contributed by atoms with E-state index in [0.29, 0.717) is 18.4 Å². The lowest BCUT2D eigenvalue weighted by molar-refractivity contribution is 0.682. The van der Waals surface area contributed by atoms with Crippen molar-refractivity contribution in [1.29, 1.82) is 5.26 Å². The second-order valence-corrected chi connectivity index (χ2v) is 5.13. The van der Waals surface area contributed by atoms with Crippen molar-refractivity contribution in [3.8, 4) is 6.07 Å². The molecular formula is C11H16N4S. The quantitative estimate of drug-likeness (QED) is 0.788. The number of hydrogen-bond acceptors (Lipinski definition) is 5. The van der Waals surface area contributed by atoms with Gasteiger partial charge in [-0.15, -0.1) is 0 Å². The fourth-order valence-corrected chi connectivity index (χ4v) is 2.50. The summed E-state index contributed by atoms with van der Waals surface area (Å²) in [4.78, 5) is 6.73. The topological polar surface area (TPSA) is 52.8 Å². The maximum Gasteiger partial charge on any atom is 0.205 e. The Labute approximate surface area is 100 Å². The van der Waals surface area contributed by atoms with Crippen LogP contribution in [-0.4, -0.2) is 21.9 Å². The zero-order valence-corrected chi connectivity index (χ0v) is 10.5. The Morgan fingerprint density at radius 2 is 2.31 bits per heavy atom. The van der Waals surface area contributed by atoms with Gasteiger partial charge in [-0.05, 0) is 26.7 Å². The summed E-state index contributed by atoms with van der Waals surface area (Å²) in [6, 6.07) is 2.55. The van der Waals surface area contributed by atoms with Crippen LogP contribution in [0.25, 0.3) is 0 Å². The molecule has 0 atom stereocenters. The summed E-state index contributed by atoms with van der Waals surface area (Å²) in [5.74, 6) is 1.61. The minimum Gasteiger partial charge on any atom is -0.343 e. The maximum atomic E-state index is 8.64. The van der Waals surface area contributed by atoms with Gasteiger partial charge in [0, 0.05) is 30.0 Å². The number of rotatable bonds is 5. The van der Waals surface area contributed by atoms with Crippen molar-refractivity contribution >= 4 is 16.7 Å². The average molecular weight is 236 g/mol. The number of hydrogen-bond donors (Lipinski definition) is 0. The Balaban J connectivity index is 2.08. The van der Waals surface area contributed by atoms with Crippen LogP contribution < -0.4 is 4.90 Å². The van der Waals surface area contributed by atoms with E-state index in [1.54, 1.807) is 0 Å². The lowest BCUT2D eigenvalue weighted by Gasteiger charge is -2.24. The molecule has 1 aromatic heterocycles. The van der Waals surface area contributed by atoms with Crippen molar-refractivity contribution in [2.45, 2.75) is 45.1 Å². The third-order valence-electron chi connectivity index (χ3n) is 2.71. The van der Waals surface area contributed by atoms with Gasteiger partial charge in [0.25, 0.3) is 0 Å². The van der Waals surface area contributed by atoms with Crippen molar-refractivity contribution in [3.63, 3.8) is 0 Å². The van der Waals surface area contributed by atoms with Gasteiger partial charge in [0.15, 0.2) is 0 Å². The largest absolute Gasteiger partial charge is 0.343 e. The summed E-state index contributed by atoms with van der Waals surface area (Å²) in [7, 11) is 0. The molecule has 16 heavy (non-hydrogen) atoms. The van der Waals surface area contributed by atoms with Gasteiger partial charge >= 0.3 is 0 Å². The van der Waals surface area contributed by atoms with Gasteiger partial charge in [0.2, 0.25) is 5.13 Å². The molecule has 1 heterocycles. The summed E-state index contributed by atoms with van der Waals surface area (Å²) in [6.45, 7) is 4.98. The van der Waals surface area contributed by atoms with Crippen molar-refractivity contribution in [2.75, 3.05) is 11.4 Å². The standard InChI is InChI=1S/C11H16N4S/c1-8(2)15(7-3-6-12)11-13-10(14-16-11)9-4-5-9/h8-9H,3-5,7H2,1-2H3. The summed E-state index contributed by atoms with van der Waals surface area (Å²) >= 11 is 1.46. The van der Waals surface area contributed by atoms with E-state index < -0.39 is 0 Å². The molecule has 86 valence electrons. The van der Waals surface area contributed by atoms with Crippen LogP contribution in [0.15, 0.2) is 0 Å². The van der Waals surface area contributed by atoms with Crippen molar-refractivity contribution in [1.82, 2.24) is 9.36 Å². The van der Waals surface area contributed by atoms with E-state index in [2.05, 4.69) is 34.2 Å². The van der Waals surface area contributed by atoms with Gasteiger partial charge in [-0.1, -0.05) is 0 Å². The number of nitriles is 1. The van der Waals surface area contributed by atoms with E-state index >= 15 is 0 Å². The molecule has 1 aliphatic carbocycles.